The molecule has 1 unspecified atom stereocenters. The number of aromatic nitrogens is 4. The topological polar surface area (TPSA) is 71.5 Å². The Morgan fingerprint density at radius 3 is 2.73 bits per heavy atom. The molecule has 0 aliphatic carbocycles. The zero-order chi connectivity index (χ0) is 11.3. The van der Waals surface area contributed by atoms with Crippen LogP contribution >= 0.6 is 0 Å². The van der Waals surface area contributed by atoms with E-state index in [1.807, 2.05) is 6.92 Å². The summed E-state index contributed by atoms with van der Waals surface area (Å²) in [5, 5.41) is 13.8. The molecule has 1 rings (SSSR count). The van der Waals surface area contributed by atoms with Crippen LogP contribution in [0.2, 0.25) is 0 Å². The monoisotopic (exact) mass is 230 g/mol. The average molecular weight is 230 g/mol. The lowest BCUT2D eigenvalue weighted by atomic mass is 9.86. The van der Waals surface area contributed by atoms with Gasteiger partial charge in [-0.3, -0.25) is 4.21 Å². The molecule has 0 fully saturated rings. The van der Waals surface area contributed by atoms with E-state index in [4.69, 9.17) is 0 Å². The number of hydrogen-bond acceptors (Lipinski definition) is 4. The van der Waals surface area contributed by atoms with Crippen LogP contribution in [-0.2, 0) is 17.2 Å². The molecule has 86 valence electrons. The summed E-state index contributed by atoms with van der Waals surface area (Å²) in [6.45, 7) is 6.22. The highest BCUT2D eigenvalue weighted by molar-refractivity contribution is 7.84. The molecule has 1 aromatic rings. The van der Waals surface area contributed by atoms with E-state index < -0.39 is 10.8 Å². The van der Waals surface area contributed by atoms with Crippen LogP contribution in [0, 0.1) is 5.41 Å². The molecule has 0 saturated carbocycles. The number of nitrogens with one attached hydrogen (secondary N) is 1. The average Bonchev–Trinajstić information content (AvgIpc) is 2.66. The molecular formula is C9H18N4OS. The number of tetrazole rings is 1. The van der Waals surface area contributed by atoms with Crippen molar-refractivity contribution in [1.29, 1.82) is 0 Å². The van der Waals surface area contributed by atoms with Gasteiger partial charge in [-0.2, -0.15) is 5.21 Å². The lowest BCUT2D eigenvalue weighted by Crippen LogP contribution is -2.19. The van der Waals surface area contributed by atoms with Gasteiger partial charge in [-0.25, -0.2) is 0 Å². The van der Waals surface area contributed by atoms with Crippen LogP contribution in [0.4, 0.5) is 0 Å². The van der Waals surface area contributed by atoms with Crippen LogP contribution in [0.15, 0.2) is 0 Å². The Hall–Kier alpha value is -0.780. The van der Waals surface area contributed by atoms with Gasteiger partial charge in [0.2, 0.25) is 0 Å². The molecule has 1 aromatic heterocycles. The summed E-state index contributed by atoms with van der Waals surface area (Å²) in [4.78, 5) is 0. The quantitative estimate of drug-likeness (QED) is 0.789. The summed E-state index contributed by atoms with van der Waals surface area (Å²) < 4.78 is 11.3. The van der Waals surface area contributed by atoms with Crippen molar-refractivity contribution in [2.45, 2.75) is 33.6 Å². The van der Waals surface area contributed by atoms with Crippen molar-refractivity contribution in [3.05, 3.63) is 5.82 Å². The third kappa shape index (κ3) is 4.51. The van der Waals surface area contributed by atoms with Crippen molar-refractivity contribution in [2.75, 3.05) is 11.5 Å². The summed E-state index contributed by atoms with van der Waals surface area (Å²) in [5.41, 5.74) is 0.0781. The molecule has 15 heavy (non-hydrogen) atoms. The van der Waals surface area contributed by atoms with Crippen molar-refractivity contribution in [2.24, 2.45) is 5.41 Å². The van der Waals surface area contributed by atoms with Crippen LogP contribution in [0.1, 0.15) is 33.0 Å². The molecule has 0 spiro atoms. The minimum absolute atomic E-state index is 0.0781. The minimum Gasteiger partial charge on any atom is -0.260 e. The maximum Gasteiger partial charge on any atom is 0.175 e. The Morgan fingerprint density at radius 2 is 2.20 bits per heavy atom. The molecule has 0 radical (unpaired) electrons. The van der Waals surface area contributed by atoms with Crippen molar-refractivity contribution in [1.82, 2.24) is 20.6 Å². The second-order valence-corrected chi connectivity index (χ2v) is 6.22. The highest BCUT2D eigenvalue weighted by Gasteiger charge is 2.21. The first-order valence-corrected chi connectivity index (χ1v) is 6.59. The van der Waals surface area contributed by atoms with Gasteiger partial charge in [-0.15, -0.1) is 10.2 Å². The summed E-state index contributed by atoms with van der Waals surface area (Å²) in [6, 6.07) is 0. The summed E-state index contributed by atoms with van der Waals surface area (Å²) >= 11 is 0. The van der Waals surface area contributed by atoms with Crippen LogP contribution in [-0.4, -0.2) is 36.3 Å². The largest absolute Gasteiger partial charge is 0.260 e. The van der Waals surface area contributed by atoms with E-state index in [2.05, 4.69) is 34.5 Å². The number of nitrogens with zero attached hydrogens (tertiary/aromatic N) is 3. The van der Waals surface area contributed by atoms with Gasteiger partial charge < -0.3 is 0 Å². The highest BCUT2D eigenvalue weighted by Crippen LogP contribution is 2.24. The molecule has 6 heteroatoms. The third-order valence-electron chi connectivity index (χ3n) is 2.35. The molecule has 0 amide bonds. The van der Waals surface area contributed by atoms with Gasteiger partial charge in [0.05, 0.1) is 0 Å². The van der Waals surface area contributed by atoms with Gasteiger partial charge in [0.1, 0.15) is 0 Å². The molecule has 5 nitrogen and oxygen atoms in total. The first kappa shape index (κ1) is 12.3. The van der Waals surface area contributed by atoms with E-state index in [0.29, 0.717) is 0 Å². The molecule has 0 aliphatic rings. The van der Waals surface area contributed by atoms with Gasteiger partial charge >= 0.3 is 0 Å². The predicted octanol–water partition coefficient (Wildman–Crippen LogP) is 0.927. The molecule has 0 bridgehead atoms. The van der Waals surface area contributed by atoms with Crippen molar-refractivity contribution < 1.29 is 4.21 Å². The molecule has 0 saturated heterocycles. The Kier molecular flexibility index (Phi) is 4.38. The summed E-state index contributed by atoms with van der Waals surface area (Å²) in [7, 11) is -0.686. The van der Waals surface area contributed by atoms with Crippen molar-refractivity contribution in [3.63, 3.8) is 0 Å². The highest BCUT2D eigenvalue weighted by atomic mass is 32.2. The molecular weight excluding hydrogens is 212 g/mol. The van der Waals surface area contributed by atoms with E-state index >= 15 is 0 Å². The van der Waals surface area contributed by atoms with Crippen molar-refractivity contribution in [3.8, 4) is 0 Å². The van der Waals surface area contributed by atoms with Crippen LogP contribution < -0.4 is 0 Å². The van der Waals surface area contributed by atoms with E-state index in [1.54, 1.807) is 0 Å². The lowest BCUT2D eigenvalue weighted by Gasteiger charge is -2.22. The Morgan fingerprint density at radius 1 is 1.47 bits per heavy atom. The fourth-order valence-electron chi connectivity index (χ4n) is 1.31. The molecule has 1 heterocycles. The normalized spacial score (nSPS) is 14.1. The molecule has 0 aliphatic heterocycles. The van der Waals surface area contributed by atoms with Gasteiger partial charge in [0, 0.05) is 28.7 Å². The third-order valence-corrected chi connectivity index (χ3v) is 3.66. The summed E-state index contributed by atoms with van der Waals surface area (Å²) in [6.07, 6.45) is 1.69. The zero-order valence-corrected chi connectivity index (χ0v) is 10.3. The molecule has 0 aromatic carbocycles. The molecule has 1 atom stereocenters. The fourth-order valence-corrected chi connectivity index (χ4v) is 2.38. The first-order chi connectivity index (χ1) is 7.03. The fraction of sp³-hybridized carbons (Fsp3) is 0.889. The predicted molar refractivity (Wildman–Crippen MR) is 59.8 cm³/mol. The smallest absolute Gasteiger partial charge is 0.175 e. The van der Waals surface area contributed by atoms with Crippen LogP contribution in [0.25, 0.3) is 0 Å². The van der Waals surface area contributed by atoms with Gasteiger partial charge in [0.15, 0.2) is 5.82 Å². The van der Waals surface area contributed by atoms with E-state index in [9.17, 15) is 4.21 Å². The SMILES string of the molecule is CCS(=O)CCC(C)(C)Cc1nn[nH]n1. The Labute approximate surface area is 92.5 Å². The second-order valence-electron chi connectivity index (χ2n) is 4.35. The lowest BCUT2D eigenvalue weighted by molar-refractivity contribution is 0.343. The maximum atomic E-state index is 11.3. The first-order valence-electron chi connectivity index (χ1n) is 5.11. The van der Waals surface area contributed by atoms with Gasteiger partial charge in [-0.05, 0) is 11.8 Å². The van der Waals surface area contributed by atoms with Crippen LogP contribution in [0.3, 0.4) is 0 Å². The second kappa shape index (κ2) is 5.34. The standard InChI is InChI=1S/C9H18N4OS/c1-4-15(14)6-5-9(2,3)7-8-10-12-13-11-8/h4-7H2,1-3H3,(H,10,11,12,13). The van der Waals surface area contributed by atoms with Crippen molar-refractivity contribution >= 4 is 10.8 Å². The van der Waals surface area contributed by atoms with Gasteiger partial charge in [0.25, 0.3) is 0 Å². The number of rotatable bonds is 6. The Balaban J connectivity index is 2.41. The number of aromatic amines is 1. The van der Waals surface area contributed by atoms with Gasteiger partial charge in [-0.1, -0.05) is 26.0 Å². The minimum atomic E-state index is -0.686. The zero-order valence-electron chi connectivity index (χ0n) is 9.49. The number of H-pyrrole nitrogens is 1. The Bertz CT molecular complexity index is 310. The molecule has 1 N–H and O–H groups in total. The maximum absolute atomic E-state index is 11.3. The number of hydrogen-bond donors (Lipinski definition) is 1. The summed E-state index contributed by atoms with van der Waals surface area (Å²) in [5.74, 6) is 2.21. The van der Waals surface area contributed by atoms with E-state index in [0.717, 1.165) is 30.2 Å². The van der Waals surface area contributed by atoms with E-state index in [-0.39, 0.29) is 5.41 Å². The van der Waals surface area contributed by atoms with E-state index in [1.165, 1.54) is 0 Å². The van der Waals surface area contributed by atoms with Crippen LogP contribution in [0.5, 0.6) is 0 Å².